The standard InChI is InChI=1S/C14H14N4O3/c19-8-11-3-1-2-6-17(11)14-12-7-10(18(20)21)4-5-13(12)15-9-16-14/h4-5,7-9,11H,1-3,6H2. The molecule has 108 valence electrons. The number of anilines is 1. The number of hydrogen-bond acceptors (Lipinski definition) is 6. The zero-order valence-corrected chi connectivity index (χ0v) is 11.3. The summed E-state index contributed by atoms with van der Waals surface area (Å²) in [6.07, 6.45) is 5.11. The zero-order valence-electron chi connectivity index (χ0n) is 11.3. The van der Waals surface area contributed by atoms with Crippen molar-refractivity contribution in [3.63, 3.8) is 0 Å². The van der Waals surface area contributed by atoms with Crippen molar-refractivity contribution in [2.45, 2.75) is 25.3 Å². The highest BCUT2D eigenvalue weighted by Crippen LogP contribution is 2.30. The number of non-ortho nitro benzene ring substituents is 1. The Kier molecular flexibility index (Phi) is 3.47. The lowest BCUT2D eigenvalue weighted by Crippen LogP contribution is -2.41. The van der Waals surface area contributed by atoms with E-state index in [0.717, 1.165) is 32.1 Å². The number of piperidine rings is 1. The molecule has 0 radical (unpaired) electrons. The number of carbonyl (C=O) groups is 1. The second-order valence-electron chi connectivity index (χ2n) is 5.05. The minimum atomic E-state index is -0.441. The van der Waals surface area contributed by atoms with E-state index >= 15 is 0 Å². The van der Waals surface area contributed by atoms with Crippen molar-refractivity contribution in [3.8, 4) is 0 Å². The van der Waals surface area contributed by atoms with Gasteiger partial charge in [0.25, 0.3) is 5.69 Å². The molecule has 1 aliphatic rings. The van der Waals surface area contributed by atoms with Gasteiger partial charge in [0.2, 0.25) is 0 Å². The molecule has 1 saturated heterocycles. The number of fused-ring (bicyclic) bond motifs is 1. The van der Waals surface area contributed by atoms with Crippen LogP contribution in [0.3, 0.4) is 0 Å². The second-order valence-corrected chi connectivity index (χ2v) is 5.05. The molecule has 0 N–H and O–H groups in total. The summed E-state index contributed by atoms with van der Waals surface area (Å²) in [5.41, 5.74) is 0.638. The van der Waals surface area contributed by atoms with Crippen molar-refractivity contribution in [1.82, 2.24) is 9.97 Å². The molecular formula is C14H14N4O3. The molecule has 2 aromatic rings. The van der Waals surface area contributed by atoms with Gasteiger partial charge in [0.1, 0.15) is 18.4 Å². The van der Waals surface area contributed by atoms with E-state index < -0.39 is 4.92 Å². The third-order valence-electron chi connectivity index (χ3n) is 3.79. The van der Waals surface area contributed by atoms with Crippen LogP contribution in [0.2, 0.25) is 0 Å². The SMILES string of the molecule is O=CC1CCCCN1c1ncnc2ccc([N+](=O)[O-])cc12. The first kappa shape index (κ1) is 13.4. The number of nitro groups is 1. The summed E-state index contributed by atoms with van der Waals surface area (Å²) in [4.78, 5) is 32.1. The van der Waals surface area contributed by atoms with E-state index in [2.05, 4.69) is 9.97 Å². The molecule has 3 rings (SSSR count). The van der Waals surface area contributed by atoms with Gasteiger partial charge in [-0.25, -0.2) is 9.97 Å². The number of nitrogens with zero attached hydrogens (tertiary/aromatic N) is 4. The number of benzene rings is 1. The Labute approximate surface area is 120 Å². The van der Waals surface area contributed by atoms with Crippen LogP contribution in [0, 0.1) is 10.1 Å². The zero-order chi connectivity index (χ0) is 14.8. The van der Waals surface area contributed by atoms with E-state index in [9.17, 15) is 14.9 Å². The van der Waals surface area contributed by atoms with E-state index in [1.165, 1.54) is 18.5 Å². The van der Waals surface area contributed by atoms with Gasteiger partial charge in [0.15, 0.2) is 0 Å². The summed E-state index contributed by atoms with van der Waals surface area (Å²) in [6.45, 7) is 0.720. The van der Waals surface area contributed by atoms with Crippen molar-refractivity contribution in [2.24, 2.45) is 0 Å². The summed E-state index contributed by atoms with van der Waals surface area (Å²) in [7, 11) is 0. The smallest absolute Gasteiger partial charge is 0.270 e. The average Bonchev–Trinajstić information content (AvgIpc) is 2.53. The summed E-state index contributed by atoms with van der Waals surface area (Å²) in [5, 5.41) is 11.6. The van der Waals surface area contributed by atoms with Crippen molar-refractivity contribution in [3.05, 3.63) is 34.6 Å². The van der Waals surface area contributed by atoms with Crippen LogP contribution in [0.5, 0.6) is 0 Å². The first-order valence-corrected chi connectivity index (χ1v) is 6.82. The van der Waals surface area contributed by atoms with Crippen molar-refractivity contribution >= 4 is 28.7 Å². The predicted molar refractivity (Wildman–Crippen MR) is 77.2 cm³/mol. The molecule has 1 aromatic heterocycles. The summed E-state index contributed by atoms with van der Waals surface area (Å²) in [5.74, 6) is 0.598. The number of rotatable bonds is 3. The highest BCUT2D eigenvalue weighted by Gasteiger charge is 2.25. The Morgan fingerprint density at radius 3 is 2.95 bits per heavy atom. The van der Waals surface area contributed by atoms with E-state index in [1.54, 1.807) is 6.07 Å². The molecule has 0 saturated carbocycles. The third kappa shape index (κ3) is 2.42. The third-order valence-corrected chi connectivity index (χ3v) is 3.79. The quantitative estimate of drug-likeness (QED) is 0.487. The maximum atomic E-state index is 11.3. The van der Waals surface area contributed by atoms with Gasteiger partial charge in [-0.1, -0.05) is 0 Å². The largest absolute Gasteiger partial charge is 0.346 e. The van der Waals surface area contributed by atoms with E-state index in [4.69, 9.17) is 0 Å². The maximum absolute atomic E-state index is 11.3. The van der Waals surface area contributed by atoms with Gasteiger partial charge in [-0.15, -0.1) is 0 Å². The van der Waals surface area contributed by atoms with Crippen molar-refractivity contribution in [1.29, 1.82) is 0 Å². The topological polar surface area (TPSA) is 89.2 Å². The first-order valence-electron chi connectivity index (χ1n) is 6.82. The fourth-order valence-corrected chi connectivity index (χ4v) is 2.74. The lowest BCUT2D eigenvalue weighted by Gasteiger charge is -2.33. The highest BCUT2D eigenvalue weighted by atomic mass is 16.6. The lowest BCUT2D eigenvalue weighted by atomic mass is 10.0. The minimum Gasteiger partial charge on any atom is -0.346 e. The number of nitro benzene ring substituents is 1. The molecule has 0 aliphatic carbocycles. The van der Waals surface area contributed by atoms with Gasteiger partial charge in [-0.2, -0.15) is 0 Å². The fourth-order valence-electron chi connectivity index (χ4n) is 2.74. The van der Waals surface area contributed by atoms with Gasteiger partial charge in [0.05, 0.1) is 16.5 Å². The molecule has 0 bridgehead atoms. The number of carbonyl (C=O) groups excluding carboxylic acids is 1. The van der Waals surface area contributed by atoms with Crippen LogP contribution < -0.4 is 4.90 Å². The van der Waals surface area contributed by atoms with Crippen molar-refractivity contribution in [2.75, 3.05) is 11.4 Å². The average molecular weight is 286 g/mol. The molecule has 7 nitrogen and oxygen atoms in total. The molecule has 0 amide bonds. The Morgan fingerprint density at radius 2 is 2.19 bits per heavy atom. The number of aldehydes is 1. The monoisotopic (exact) mass is 286 g/mol. The molecule has 1 unspecified atom stereocenters. The first-order chi connectivity index (χ1) is 10.2. The van der Waals surface area contributed by atoms with Crippen LogP contribution in [0.25, 0.3) is 10.9 Å². The van der Waals surface area contributed by atoms with Crippen LogP contribution in [-0.2, 0) is 4.79 Å². The number of aromatic nitrogens is 2. The molecular weight excluding hydrogens is 272 g/mol. The Balaban J connectivity index is 2.14. The molecule has 21 heavy (non-hydrogen) atoms. The Hall–Kier alpha value is -2.57. The van der Waals surface area contributed by atoms with Crippen molar-refractivity contribution < 1.29 is 9.72 Å². The molecule has 7 heteroatoms. The molecule has 1 fully saturated rings. The molecule has 1 aromatic carbocycles. The molecule has 0 spiro atoms. The lowest BCUT2D eigenvalue weighted by molar-refractivity contribution is -0.384. The Morgan fingerprint density at radius 1 is 1.33 bits per heavy atom. The maximum Gasteiger partial charge on any atom is 0.270 e. The van der Waals surface area contributed by atoms with Gasteiger partial charge < -0.3 is 9.69 Å². The second kappa shape index (κ2) is 5.43. The van der Waals surface area contributed by atoms with Gasteiger partial charge in [-0.3, -0.25) is 10.1 Å². The molecule has 1 aliphatic heterocycles. The van der Waals surface area contributed by atoms with E-state index in [1.807, 2.05) is 4.90 Å². The van der Waals surface area contributed by atoms with Gasteiger partial charge >= 0.3 is 0 Å². The van der Waals surface area contributed by atoms with Crippen LogP contribution in [-0.4, -0.2) is 33.8 Å². The highest BCUT2D eigenvalue weighted by molar-refractivity contribution is 5.92. The van der Waals surface area contributed by atoms with Crippen LogP contribution in [0.4, 0.5) is 11.5 Å². The van der Waals surface area contributed by atoms with Crippen LogP contribution in [0.1, 0.15) is 19.3 Å². The Bertz CT molecular complexity index is 704. The molecule has 1 atom stereocenters. The van der Waals surface area contributed by atoms with Crippen LogP contribution in [0.15, 0.2) is 24.5 Å². The predicted octanol–water partition coefficient (Wildman–Crippen LogP) is 2.10. The van der Waals surface area contributed by atoms with E-state index in [0.29, 0.717) is 16.7 Å². The normalized spacial score (nSPS) is 18.7. The van der Waals surface area contributed by atoms with Crippen LogP contribution >= 0.6 is 0 Å². The summed E-state index contributed by atoms with van der Waals surface area (Å²) in [6, 6.07) is 4.28. The van der Waals surface area contributed by atoms with Gasteiger partial charge in [-0.05, 0) is 25.3 Å². The van der Waals surface area contributed by atoms with Gasteiger partial charge in [0, 0.05) is 24.1 Å². The summed E-state index contributed by atoms with van der Waals surface area (Å²) < 4.78 is 0. The number of hydrogen-bond donors (Lipinski definition) is 0. The van der Waals surface area contributed by atoms with E-state index in [-0.39, 0.29) is 11.7 Å². The summed E-state index contributed by atoms with van der Waals surface area (Å²) >= 11 is 0. The minimum absolute atomic E-state index is 0.00166. The fraction of sp³-hybridized carbons (Fsp3) is 0.357. The molecule has 2 heterocycles.